The number of aromatic nitrogens is 2. The summed E-state index contributed by atoms with van der Waals surface area (Å²) in [5.74, 6) is 1.52. The van der Waals surface area contributed by atoms with Crippen LogP contribution in [0.15, 0.2) is 65.8 Å². The molecule has 0 aliphatic heterocycles. The number of nitrogens with zero attached hydrogens (tertiary/aromatic N) is 3. The highest BCUT2D eigenvalue weighted by Crippen LogP contribution is 2.39. The number of urea groups is 1. The molecule has 4 rings (SSSR count). The van der Waals surface area contributed by atoms with Crippen LogP contribution in [0.1, 0.15) is 26.3 Å². The average Bonchev–Trinajstić information content (AvgIpc) is 2.93. The summed E-state index contributed by atoms with van der Waals surface area (Å²) in [4.78, 5) is 25.5. The topological polar surface area (TPSA) is 148 Å². The first-order chi connectivity index (χ1) is 19.5. The highest BCUT2D eigenvalue weighted by molar-refractivity contribution is 7.64. The molecule has 0 bridgehead atoms. The SMILES string of the molecule is COc1c(NC(=O)Nc2ccc(Oc3ccnc(/N=C(\N)C=N)n3)c3ccccc23)cc(C(C)(C)C)cc1P(C)C. The van der Waals surface area contributed by atoms with E-state index in [1.807, 2.05) is 30.3 Å². The van der Waals surface area contributed by atoms with Gasteiger partial charge in [-0.1, -0.05) is 53.0 Å². The van der Waals surface area contributed by atoms with E-state index in [1.54, 1.807) is 25.3 Å². The fourth-order valence-electron chi connectivity index (χ4n) is 4.13. The molecule has 0 fully saturated rings. The summed E-state index contributed by atoms with van der Waals surface area (Å²) in [6.07, 6.45) is 2.41. The summed E-state index contributed by atoms with van der Waals surface area (Å²) in [5, 5.41) is 15.8. The summed E-state index contributed by atoms with van der Waals surface area (Å²) in [5.41, 5.74) is 7.84. The molecule has 0 aliphatic rings. The Balaban J connectivity index is 1.63. The van der Waals surface area contributed by atoms with Crippen molar-refractivity contribution in [2.24, 2.45) is 10.7 Å². The maximum atomic E-state index is 13.3. The lowest BCUT2D eigenvalue weighted by Gasteiger charge is -2.25. The van der Waals surface area contributed by atoms with E-state index >= 15 is 0 Å². The monoisotopic (exact) mass is 571 g/mol. The molecule has 11 heteroatoms. The molecule has 212 valence electrons. The molecule has 0 saturated heterocycles. The third kappa shape index (κ3) is 6.96. The smallest absolute Gasteiger partial charge is 0.323 e. The molecule has 1 aromatic heterocycles. The van der Waals surface area contributed by atoms with Crippen molar-refractivity contribution in [2.75, 3.05) is 31.1 Å². The van der Waals surface area contributed by atoms with Crippen LogP contribution in [-0.2, 0) is 5.41 Å². The third-order valence-electron chi connectivity index (χ3n) is 6.21. The number of amides is 2. The molecule has 4 aromatic rings. The first kappa shape index (κ1) is 29.4. The molecule has 0 aliphatic carbocycles. The maximum Gasteiger partial charge on any atom is 0.323 e. The quantitative estimate of drug-likeness (QED) is 0.110. The lowest BCUT2D eigenvalue weighted by atomic mass is 9.86. The van der Waals surface area contributed by atoms with Crippen LogP contribution in [0.3, 0.4) is 0 Å². The fraction of sp³-hybridized carbons (Fsp3) is 0.233. The van der Waals surface area contributed by atoms with Gasteiger partial charge < -0.3 is 31.3 Å². The standard InChI is InChI=1S/C30H34N7O3P/c1-30(2,3)18-15-22(27(39-4)24(16-18)41(5)6)35-29(38)34-21-11-12-23(20-10-8-7-9-19(20)21)40-26-13-14-33-28(37-26)36-25(32)17-31/h7-17,31H,1-6H3,(H2,34,35,38)(H2,32,33,36,37). The molecule has 10 nitrogen and oxygen atoms in total. The highest BCUT2D eigenvalue weighted by atomic mass is 31.1. The molecule has 41 heavy (non-hydrogen) atoms. The number of benzene rings is 3. The van der Waals surface area contributed by atoms with Crippen LogP contribution >= 0.6 is 7.92 Å². The zero-order valence-corrected chi connectivity index (χ0v) is 24.8. The van der Waals surface area contributed by atoms with Gasteiger partial charge in [-0.05, 0) is 48.6 Å². The van der Waals surface area contributed by atoms with Crippen molar-refractivity contribution in [1.82, 2.24) is 9.97 Å². The van der Waals surface area contributed by atoms with E-state index in [1.165, 1.54) is 6.20 Å². The van der Waals surface area contributed by atoms with Gasteiger partial charge in [0, 0.05) is 28.3 Å². The van der Waals surface area contributed by atoms with Crippen molar-refractivity contribution in [3.05, 3.63) is 66.4 Å². The van der Waals surface area contributed by atoms with Gasteiger partial charge in [0.15, 0.2) is 0 Å². The van der Waals surface area contributed by atoms with Crippen molar-refractivity contribution < 1.29 is 14.3 Å². The number of amidine groups is 1. The van der Waals surface area contributed by atoms with Crippen LogP contribution < -0.4 is 31.1 Å². The van der Waals surface area contributed by atoms with Crippen LogP contribution in [0, 0.1) is 5.41 Å². The summed E-state index contributed by atoms with van der Waals surface area (Å²) < 4.78 is 11.8. The van der Waals surface area contributed by atoms with Crippen LogP contribution in [-0.4, -0.2) is 48.5 Å². The van der Waals surface area contributed by atoms with Crippen molar-refractivity contribution >= 4 is 59.4 Å². The van der Waals surface area contributed by atoms with E-state index in [4.69, 9.17) is 20.6 Å². The normalized spacial score (nSPS) is 11.8. The summed E-state index contributed by atoms with van der Waals surface area (Å²) in [6.45, 7) is 10.8. The Morgan fingerprint density at radius 2 is 1.76 bits per heavy atom. The third-order valence-corrected chi connectivity index (χ3v) is 7.51. The zero-order chi connectivity index (χ0) is 29.7. The predicted molar refractivity (Wildman–Crippen MR) is 169 cm³/mol. The highest BCUT2D eigenvalue weighted by Gasteiger charge is 2.22. The molecular weight excluding hydrogens is 537 g/mol. The van der Waals surface area contributed by atoms with Crippen molar-refractivity contribution in [1.29, 1.82) is 5.41 Å². The van der Waals surface area contributed by atoms with E-state index < -0.39 is 14.0 Å². The van der Waals surface area contributed by atoms with E-state index in [9.17, 15) is 4.79 Å². The number of rotatable bonds is 8. The van der Waals surface area contributed by atoms with Crippen LogP contribution in [0.5, 0.6) is 17.4 Å². The Hall–Kier alpha value is -4.56. The Morgan fingerprint density at radius 3 is 2.41 bits per heavy atom. The first-order valence-electron chi connectivity index (χ1n) is 12.8. The first-order valence-corrected chi connectivity index (χ1v) is 15.1. The van der Waals surface area contributed by atoms with Gasteiger partial charge in [-0.2, -0.15) is 9.98 Å². The van der Waals surface area contributed by atoms with E-state index in [2.05, 4.69) is 65.8 Å². The molecule has 3 aromatic carbocycles. The largest absolute Gasteiger partial charge is 0.494 e. The number of carbonyl (C=O) groups is 1. The summed E-state index contributed by atoms with van der Waals surface area (Å²) in [7, 11) is 1.15. The lowest BCUT2D eigenvalue weighted by molar-refractivity contribution is 0.262. The van der Waals surface area contributed by atoms with Gasteiger partial charge in [-0.3, -0.25) is 0 Å². The molecule has 1 heterocycles. The van der Waals surface area contributed by atoms with Gasteiger partial charge in [-0.25, -0.2) is 9.78 Å². The Labute approximate surface area is 240 Å². The molecule has 0 radical (unpaired) electrons. The molecule has 0 atom stereocenters. The molecule has 0 unspecified atom stereocenters. The second-order valence-corrected chi connectivity index (χ2v) is 12.7. The second-order valence-electron chi connectivity index (χ2n) is 10.4. The average molecular weight is 572 g/mol. The maximum absolute atomic E-state index is 13.3. The van der Waals surface area contributed by atoms with Gasteiger partial charge in [0.25, 0.3) is 5.95 Å². The number of methoxy groups -OCH3 is 1. The number of fused-ring (bicyclic) bond motifs is 1. The van der Waals surface area contributed by atoms with E-state index in [0.29, 0.717) is 22.9 Å². The van der Waals surface area contributed by atoms with Gasteiger partial charge >= 0.3 is 6.03 Å². The molecular formula is C30H34N7O3P. The number of carbonyl (C=O) groups excluding carboxylic acids is 1. The van der Waals surface area contributed by atoms with Gasteiger partial charge in [0.1, 0.15) is 17.3 Å². The zero-order valence-electron chi connectivity index (χ0n) is 23.9. The summed E-state index contributed by atoms with van der Waals surface area (Å²) in [6, 6.07) is 16.5. The van der Waals surface area contributed by atoms with Gasteiger partial charge in [-0.15, -0.1) is 0 Å². The van der Waals surface area contributed by atoms with Crippen molar-refractivity contribution in [3.8, 4) is 17.4 Å². The van der Waals surface area contributed by atoms with Crippen molar-refractivity contribution in [3.63, 3.8) is 0 Å². The number of aliphatic imine (C=N–C) groups is 1. The Bertz CT molecular complexity index is 1630. The van der Waals surface area contributed by atoms with Crippen LogP contribution in [0.25, 0.3) is 10.8 Å². The van der Waals surface area contributed by atoms with E-state index in [0.717, 1.165) is 27.9 Å². The van der Waals surface area contributed by atoms with E-state index in [-0.39, 0.29) is 23.1 Å². The molecule has 5 N–H and O–H groups in total. The number of hydrogen-bond donors (Lipinski definition) is 4. The number of nitrogens with two attached hydrogens (primary N) is 1. The number of anilines is 2. The minimum atomic E-state index is -0.474. The minimum absolute atomic E-state index is 0.0227. The molecule has 0 saturated carbocycles. The Kier molecular flexibility index (Phi) is 8.83. The summed E-state index contributed by atoms with van der Waals surface area (Å²) >= 11 is 0. The van der Waals surface area contributed by atoms with Gasteiger partial charge in [0.2, 0.25) is 5.88 Å². The predicted octanol–water partition coefficient (Wildman–Crippen LogP) is 6.38. The lowest BCUT2D eigenvalue weighted by Crippen LogP contribution is -2.23. The number of ether oxygens (including phenoxy) is 2. The molecule has 0 spiro atoms. The van der Waals surface area contributed by atoms with Crippen LogP contribution in [0.2, 0.25) is 0 Å². The van der Waals surface area contributed by atoms with Gasteiger partial charge in [0.05, 0.1) is 24.7 Å². The number of nitrogens with one attached hydrogen (secondary N) is 3. The number of hydrogen-bond acceptors (Lipinski definition) is 7. The minimum Gasteiger partial charge on any atom is -0.494 e. The second kappa shape index (κ2) is 12.3. The molecule has 2 amide bonds. The fourth-order valence-corrected chi connectivity index (χ4v) is 5.15. The Morgan fingerprint density at radius 1 is 1.05 bits per heavy atom. The van der Waals surface area contributed by atoms with Crippen molar-refractivity contribution in [2.45, 2.75) is 26.2 Å². The van der Waals surface area contributed by atoms with Crippen LogP contribution in [0.4, 0.5) is 22.1 Å².